The zero-order valence-electron chi connectivity index (χ0n) is 10.0. The number of hydrogen-bond acceptors (Lipinski definition) is 1. The number of fused-ring (bicyclic) bond motifs is 6. The van der Waals surface area contributed by atoms with Gasteiger partial charge < -0.3 is 4.74 Å². The summed E-state index contributed by atoms with van der Waals surface area (Å²) in [5.41, 5.74) is 8.06. The first-order valence-electron chi connectivity index (χ1n) is 6.11. The summed E-state index contributed by atoms with van der Waals surface area (Å²) in [5.74, 6) is 0. The van der Waals surface area contributed by atoms with E-state index in [0.29, 0.717) is 12.2 Å². The van der Waals surface area contributed by atoms with Crippen LogP contribution < -0.4 is 0 Å². The summed E-state index contributed by atoms with van der Waals surface area (Å²) >= 11 is 0. The van der Waals surface area contributed by atoms with Gasteiger partial charge in [-0.3, -0.25) is 0 Å². The van der Waals surface area contributed by atoms with Crippen LogP contribution in [0.1, 0.15) is 34.5 Å². The van der Waals surface area contributed by atoms with Crippen LogP contribution in [0.4, 0.5) is 0 Å². The number of rotatable bonds is 0. The van der Waals surface area contributed by atoms with Crippen molar-refractivity contribution in [2.75, 3.05) is 0 Å². The van der Waals surface area contributed by atoms with E-state index in [1.54, 1.807) is 0 Å². The van der Waals surface area contributed by atoms with Crippen LogP contribution in [-0.2, 0) is 4.74 Å². The zero-order valence-corrected chi connectivity index (χ0v) is 10.0. The van der Waals surface area contributed by atoms with Gasteiger partial charge in [0.1, 0.15) is 12.2 Å². The first-order valence-corrected chi connectivity index (χ1v) is 6.11. The fourth-order valence-electron chi connectivity index (χ4n) is 2.91. The first kappa shape index (κ1) is 9.43. The molecule has 2 unspecified atom stereocenters. The van der Waals surface area contributed by atoms with Crippen LogP contribution in [0.3, 0.4) is 0 Å². The van der Waals surface area contributed by atoms with Crippen molar-refractivity contribution in [2.24, 2.45) is 0 Å². The molecule has 17 heavy (non-hydrogen) atoms. The van der Waals surface area contributed by atoms with Gasteiger partial charge in [0.05, 0.1) is 0 Å². The van der Waals surface area contributed by atoms with Crippen LogP contribution in [0.15, 0.2) is 36.4 Å². The van der Waals surface area contributed by atoms with Crippen LogP contribution in [0.2, 0.25) is 0 Å². The summed E-state index contributed by atoms with van der Waals surface area (Å²) in [4.78, 5) is 0. The summed E-state index contributed by atoms with van der Waals surface area (Å²) in [7, 11) is 0. The van der Waals surface area contributed by atoms with Crippen LogP contribution in [0.5, 0.6) is 0 Å². The van der Waals surface area contributed by atoms with Crippen molar-refractivity contribution >= 4 is 0 Å². The van der Waals surface area contributed by atoms with Gasteiger partial charge in [-0.25, -0.2) is 0 Å². The predicted octanol–water partition coefficient (Wildman–Crippen LogP) is 4.10. The molecule has 2 aliphatic rings. The molecular formula is C16H14O. The lowest BCUT2D eigenvalue weighted by atomic mass is 9.84. The van der Waals surface area contributed by atoms with Crippen molar-refractivity contribution < 1.29 is 4.74 Å². The highest BCUT2D eigenvalue weighted by molar-refractivity contribution is 5.76. The maximum absolute atomic E-state index is 5.84. The highest BCUT2D eigenvalue weighted by Crippen LogP contribution is 2.59. The van der Waals surface area contributed by atoms with E-state index in [1.807, 2.05) is 0 Å². The molecule has 1 aliphatic carbocycles. The molecule has 0 N–H and O–H groups in total. The van der Waals surface area contributed by atoms with Crippen LogP contribution in [0, 0.1) is 13.8 Å². The van der Waals surface area contributed by atoms with E-state index in [1.165, 1.54) is 33.4 Å². The lowest BCUT2D eigenvalue weighted by Crippen LogP contribution is -2.00. The average molecular weight is 222 g/mol. The van der Waals surface area contributed by atoms with E-state index < -0.39 is 0 Å². The van der Waals surface area contributed by atoms with Gasteiger partial charge in [0, 0.05) is 0 Å². The summed E-state index contributed by atoms with van der Waals surface area (Å²) in [6.07, 6.45) is 0.610. The number of benzene rings is 2. The molecule has 1 saturated heterocycles. The third-order valence-electron chi connectivity index (χ3n) is 3.81. The van der Waals surface area contributed by atoms with Gasteiger partial charge in [-0.15, -0.1) is 0 Å². The topological polar surface area (TPSA) is 12.5 Å². The fraction of sp³-hybridized carbons (Fsp3) is 0.250. The van der Waals surface area contributed by atoms with Gasteiger partial charge in [-0.2, -0.15) is 0 Å². The van der Waals surface area contributed by atoms with E-state index in [4.69, 9.17) is 4.74 Å². The summed E-state index contributed by atoms with van der Waals surface area (Å²) in [5, 5.41) is 0. The number of ether oxygens (including phenoxy) is 1. The van der Waals surface area contributed by atoms with E-state index in [0.717, 1.165) is 0 Å². The van der Waals surface area contributed by atoms with Crippen molar-refractivity contribution in [1.82, 2.24) is 0 Å². The highest BCUT2D eigenvalue weighted by Gasteiger charge is 2.47. The van der Waals surface area contributed by atoms with Crippen LogP contribution in [-0.4, -0.2) is 0 Å². The SMILES string of the molecule is Cc1ccc2c(c1)C1OC1c1cc(C)ccc1-2. The lowest BCUT2D eigenvalue weighted by molar-refractivity contribution is 0.380. The minimum Gasteiger partial charge on any atom is -0.359 e. The standard InChI is InChI=1S/C16H14O/c1-9-3-5-11-12-6-4-10(2)8-14(12)16-15(17-16)13(11)7-9/h3-8,15-16H,1-2H3. The average Bonchev–Trinajstić information content (AvgIpc) is 3.09. The number of epoxide rings is 1. The Morgan fingerprint density at radius 3 is 1.71 bits per heavy atom. The molecule has 0 amide bonds. The molecule has 0 spiro atoms. The van der Waals surface area contributed by atoms with Crippen molar-refractivity contribution in [3.05, 3.63) is 58.7 Å². The molecule has 2 aromatic rings. The van der Waals surface area contributed by atoms with Crippen molar-refractivity contribution in [1.29, 1.82) is 0 Å². The predicted molar refractivity (Wildman–Crippen MR) is 67.9 cm³/mol. The van der Waals surface area contributed by atoms with E-state index in [9.17, 15) is 0 Å². The third kappa shape index (κ3) is 1.23. The van der Waals surface area contributed by atoms with Gasteiger partial charge in [0.2, 0.25) is 0 Å². The molecule has 0 aromatic heterocycles. The summed E-state index contributed by atoms with van der Waals surface area (Å²) in [6, 6.07) is 13.4. The van der Waals surface area contributed by atoms with E-state index in [2.05, 4.69) is 50.2 Å². The Balaban J connectivity index is 2.03. The van der Waals surface area contributed by atoms with E-state index >= 15 is 0 Å². The highest BCUT2D eigenvalue weighted by atomic mass is 16.6. The fourth-order valence-corrected chi connectivity index (χ4v) is 2.91. The molecule has 1 aliphatic heterocycles. The Kier molecular flexibility index (Phi) is 1.66. The molecule has 84 valence electrons. The lowest BCUT2D eigenvalue weighted by Gasteiger charge is -2.17. The molecule has 2 atom stereocenters. The van der Waals surface area contributed by atoms with Gasteiger partial charge >= 0.3 is 0 Å². The van der Waals surface area contributed by atoms with Crippen LogP contribution >= 0.6 is 0 Å². The van der Waals surface area contributed by atoms with Gasteiger partial charge in [0.15, 0.2) is 0 Å². The third-order valence-corrected chi connectivity index (χ3v) is 3.81. The molecule has 1 heterocycles. The molecule has 4 rings (SSSR count). The quantitative estimate of drug-likeness (QED) is 0.611. The van der Waals surface area contributed by atoms with Crippen molar-refractivity contribution in [3.8, 4) is 11.1 Å². The van der Waals surface area contributed by atoms with Gasteiger partial charge in [-0.05, 0) is 36.1 Å². The van der Waals surface area contributed by atoms with E-state index in [-0.39, 0.29) is 0 Å². The Bertz CT molecular complexity index is 572. The van der Waals surface area contributed by atoms with Crippen LogP contribution in [0.25, 0.3) is 11.1 Å². The van der Waals surface area contributed by atoms with Gasteiger partial charge in [-0.1, -0.05) is 47.5 Å². The minimum absolute atomic E-state index is 0.305. The summed E-state index contributed by atoms with van der Waals surface area (Å²) in [6.45, 7) is 4.28. The van der Waals surface area contributed by atoms with Gasteiger partial charge in [0.25, 0.3) is 0 Å². The van der Waals surface area contributed by atoms with Crippen molar-refractivity contribution in [2.45, 2.75) is 26.1 Å². The summed E-state index contributed by atoms with van der Waals surface area (Å²) < 4.78 is 5.84. The van der Waals surface area contributed by atoms with Crippen molar-refractivity contribution in [3.63, 3.8) is 0 Å². The Morgan fingerprint density at radius 2 is 1.24 bits per heavy atom. The molecule has 1 fully saturated rings. The second kappa shape index (κ2) is 2.99. The zero-order chi connectivity index (χ0) is 11.6. The maximum atomic E-state index is 5.84. The normalized spacial score (nSPS) is 23.6. The smallest absolute Gasteiger partial charge is 0.114 e. The molecule has 2 aromatic carbocycles. The Hall–Kier alpha value is -1.60. The first-order chi connectivity index (χ1) is 8.24. The molecule has 1 heteroatoms. The largest absolute Gasteiger partial charge is 0.359 e. The second-order valence-electron chi connectivity index (χ2n) is 5.16. The Labute approximate surface area is 101 Å². The molecule has 0 saturated carbocycles. The molecule has 0 bridgehead atoms. The minimum atomic E-state index is 0.305. The molecule has 0 radical (unpaired) electrons. The number of hydrogen-bond donors (Lipinski definition) is 0. The molecular weight excluding hydrogens is 208 g/mol. The monoisotopic (exact) mass is 222 g/mol. The second-order valence-corrected chi connectivity index (χ2v) is 5.16. The maximum Gasteiger partial charge on any atom is 0.114 e. The molecule has 1 nitrogen and oxygen atoms in total. The number of aryl methyl sites for hydroxylation is 2. The Morgan fingerprint density at radius 1 is 0.765 bits per heavy atom.